The number of hydrogen-bond donors (Lipinski definition) is 1. The number of imide groups is 1. The maximum absolute atomic E-state index is 12.1. The van der Waals surface area contributed by atoms with Crippen molar-refractivity contribution in [3.63, 3.8) is 0 Å². The molecule has 0 saturated heterocycles. The Morgan fingerprint density at radius 3 is 2.73 bits per heavy atom. The topological polar surface area (TPSA) is 102 Å². The Morgan fingerprint density at radius 1 is 1.36 bits per heavy atom. The van der Waals surface area contributed by atoms with Crippen molar-refractivity contribution < 1.29 is 19.2 Å². The Morgan fingerprint density at radius 2 is 2.09 bits per heavy atom. The van der Waals surface area contributed by atoms with Gasteiger partial charge in [-0.3, -0.25) is 24.6 Å². The highest BCUT2D eigenvalue weighted by Crippen LogP contribution is 2.24. The monoisotopic (exact) mass is 305 g/mol. The standard InChI is InChI=1S/C14H15N3O5/c1-9-3-4-10(17(20)21)7-11(9)15-12-8-13(18)16(14(12)19)5-6-22-2/h3-4,7-8,15H,5-6H2,1-2H3. The molecular weight excluding hydrogens is 290 g/mol. The largest absolute Gasteiger partial charge is 0.383 e. The van der Waals surface area contributed by atoms with E-state index in [1.165, 1.54) is 25.3 Å². The lowest BCUT2D eigenvalue weighted by atomic mass is 10.1. The van der Waals surface area contributed by atoms with Gasteiger partial charge in [-0.1, -0.05) is 6.07 Å². The van der Waals surface area contributed by atoms with E-state index < -0.39 is 16.7 Å². The molecule has 0 spiro atoms. The number of aryl methyl sites for hydroxylation is 1. The number of nitro benzene ring substituents is 1. The maximum atomic E-state index is 12.1. The Labute approximate surface area is 126 Å². The Balaban J connectivity index is 2.19. The molecule has 0 bridgehead atoms. The van der Waals surface area contributed by atoms with Crippen LogP contribution in [0.5, 0.6) is 0 Å². The van der Waals surface area contributed by atoms with E-state index in [9.17, 15) is 19.7 Å². The van der Waals surface area contributed by atoms with Gasteiger partial charge in [-0.15, -0.1) is 0 Å². The number of ether oxygens (including phenoxy) is 1. The third kappa shape index (κ3) is 3.12. The van der Waals surface area contributed by atoms with Crippen molar-refractivity contribution in [2.24, 2.45) is 0 Å². The molecule has 1 aromatic carbocycles. The quantitative estimate of drug-likeness (QED) is 0.481. The van der Waals surface area contributed by atoms with E-state index in [0.29, 0.717) is 5.69 Å². The molecule has 0 saturated carbocycles. The van der Waals surface area contributed by atoms with Gasteiger partial charge in [0.1, 0.15) is 5.70 Å². The Hall–Kier alpha value is -2.74. The molecule has 1 aliphatic rings. The van der Waals surface area contributed by atoms with Gasteiger partial charge in [0.05, 0.1) is 18.1 Å². The molecular formula is C14H15N3O5. The molecule has 0 unspecified atom stereocenters. The van der Waals surface area contributed by atoms with Gasteiger partial charge < -0.3 is 10.1 Å². The summed E-state index contributed by atoms with van der Waals surface area (Å²) in [6.45, 7) is 2.15. The minimum Gasteiger partial charge on any atom is -0.383 e. The second-order valence-electron chi connectivity index (χ2n) is 4.73. The molecule has 0 radical (unpaired) electrons. The number of nitrogens with one attached hydrogen (secondary N) is 1. The molecule has 2 amide bonds. The van der Waals surface area contributed by atoms with Crippen LogP contribution >= 0.6 is 0 Å². The molecule has 0 aromatic heterocycles. The molecule has 2 rings (SSSR count). The second kappa shape index (κ2) is 6.35. The van der Waals surface area contributed by atoms with Crippen LogP contribution in [0.25, 0.3) is 0 Å². The van der Waals surface area contributed by atoms with Crippen LogP contribution in [0.2, 0.25) is 0 Å². The summed E-state index contributed by atoms with van der Waals surface area (Å²) in [6, 6.07) is 4.28. The molecule has 22 heavy (non-hydrogen) atoms. The number of anilines is 1. The van der Waals surface area contributed by atoms with Gasteiger partial charge in [0.2, 0.25) is 0 Å². The lowest BCUT2D eigenvalue weighted by Gasteiger charge is -2.15. The van der Waals surface area contributed by atoms with Crippen molar-refractivity contribution in [3.8, 4) is 0 Å². The zero-order valence-corrected chi connectivity index (χ0v) is 12.2. The zero-order chi connectivity index (χ0) is 16.3. The van der Waals surface area contributed by atoms with E-state index >= 15 is 0 Å². The van der Waals surface area contributed by atoms with Gasteiger partial charge in [0.25, 0.3) is 17.5 Å². The molecule has 1 N–H and O–H groups in total. The van der Waals surface area contributed by atoms with Crippen LogP contribution in [0, 0.1) is 17.0 Å². The summed E-state index contributed by atoms with van der Waals surface area (Å²) in [5, 5.41) is 13.6. The highest BCUT2D eigenvalue weighted by molar-refractivity contribution is 6.17. The first kappa shape index (κ1) is 15.6. The lowest BCUT2D eigenvalue weighted by molar-refractivity contribution is -0.384. The van der Waals surface area contributed by atoms with Crippen molar-refractivity contribution in [1.29, 1.82) is 0 Å². The van der Waals surface area contributed by atoms with E-state index in [-0.39, 0.29) is 24.5 Å². The number of methoxy groups -OCH3 is 1. The molecule has 1 heterocycles. The molecule has 1 aliphatic heterocycles. The van der Waals surface area contributed by atoms with Gasteiger partial charge in [0, 0.05) is 31.0 Å². The molecule has 116 valence electrons. The minimum atomic E-state index is -0.522. The molecule has 0 fully saturated rings. The number of nitrogens with zero attached hydrogens (tertiary/aromatic N) is 2. The summed E-state index contributed by atoms with van der Waals surface area (Å²) in [7, 11) is 1.48. The first-order chi connectivity index (χ1) is 10.4. The SMILES string of the molecule is COCCN1C(=O)C=C(Nc2cc([N+](=O)[O-])ccc2C)C1=O. The summed E-state index contributed by atoms with van der Waals surface area (Å²) in [5.41, 5.74) is 1.13. The summed E-state index contributed by atoms with van der Waals surface area (Å²) in [6.07, 6.45) is 1.18. The van der Waals surface area contributed by atoms with Gasteiger partial charge in [0.15, 0.2) is 0 Å². The zero-order valence-electron chi connectivity index (χ0n) is 12.2. The average Bonchev–Trinajstić information content (AvgIpc) is 2.73. The number of nitro groups is 1. The van der Waals surface area contributed by atoms with Crippen molar-refractivity contribution in [1.82, 2.24) is 4.90 Å². The number of hydrogen-bond acceptors (Lipinski definition) is 6. The van der Waals surface area contributed by atoms with Crippen LogP contribution in [0.4, 0.5) is 11.4 Å². The van der Waals surface area contributed by atoms with E-state index in [1.54, 1.807) is 13.0 Å². The molecule has 0 atom stereocenters. The van der Waals surface area contributed by atoms with Crippen LogP contribution in [0.1, 0.15) is 5.56 Å². The second-order valence-corrected chi connectivity index (χ2v) is 4.73. The third-order valence-electron chi connectivity index (χ3n) is 3.23. The number of carbonyl (C=O) groups excluding carboxylic acids is 2. The van der Waals surface area contributed by atoms with Gasteiger partial charge in [-0.05, 0) is 12.5 Å². The van der Waals surface area contributed by atoms with E-state index in [0.717, 1.165) is 10.5 Å². The molecule has 0 aliphatic carbocycles. The fourth-order valence-electron chi connectivity index (χ4n) is 2.00. The normalized spacial score (nSPS) is 14.3. The number of carbonyl (C=O) groups is 2. The van der Waals surface area contributed by atoms with Crippen LogP contribution in [-0.2, 0) is 14.3 Å². The predicted molar refractivity (Wildman–Crippen MR) is 78.1 cm³/mol. The van der Waals surface area contributed by atoms with E-state index in [4.69, 9.17) is 4.74 Å². The van der Waals surface area contributed by atoms with Crippen molar-refractivity contribution in [2.75, 3.05) is 25.6 Å². The third-order valence-corrected chi connectivity index (χ3v) is 3.23. The first-order valence-corrected chi connectivity index (χ1v) is 6.52. The summed E-state index contributed by atoms with van der Waals surface area (Å²) in [5.74, 6) is -0.916. The highest BCUT2D eigenvalue weighted by Gasteiger charge is 2.31. The number of amides is 2. The van der Waals surface area contributed by atoms with Crippen LogP contribution in [0.15, 0.2) is 30.0 Å². The van der Waals surface area contributed by atoms with Crippen LogP contribution in [-0.4, -0.2) is 41.9 Å². The summed E-state index contributed by atoms with van der Waals surface area (Å²) >= 11 is 0. The predicted octanol–water partition coefficient (Wildman–Crippen LogP) is 1.21. The number of rotatable bonds is 6. The summed E-state index contributed by atoms with van der Waals surface area (Å²) < 4.78 is 4.85. The van der Waals surface area contributed by atoms with Gasteiger partial charge >= 0.3 is 0 Å². The van der Waals surface area contributed by atoms with Gasteiger partial charge in [-0.2, -0.15) is 0 Å². The van der Waals surface area contributed by atoms with Crippen LogP contribution < -0.4 is 5.32 Å². The number of non-ortho nitro benzene ring substituents is 1. The minimum absolute atomic E-state index is 0.0877. The highest BCUT2D eigenvalue weighted by atomic mass is 16.6. The maximum Gasteiger partial charge on any atom is 0.277 e. The smallest absolute Gasteiger partial charge is 0.277 e. The Bertz CT molecular complexity index is 668. The fraction of sp³-hybridized carbons (Fsp3) is 0.286. The first-order valence-electron chi connectivity index (χ1n) is 6.52. The average molecular weight is 305 g/mol. The van der Waals surface area contributed by atoms with Gasteiger partial charge in [-0.25, -0.2) is 0 Å². The van der Waals surface area contributed by atoms with Crippen molar-refractivity contribution in [3.05, 3.63) is 45.6 Å². The van der Waals surface area contributed by atoms with E-state index in [2.05, 4.69) is 5.32 Å². The van der Waals surface area contributed by atoms with E-state index in [1.807, 2.05) is 0 Å². The summed E-state index contributed by atoms with van der Waals surface area (Å²) in [4.78, 5) is 35.3. The number of benzene rings is 1. The molecule has 8 heteroatoms. The molecule has 8 nitrogen and oxygen atoms in total. The van der Waals surface area contributed by atoms with Crippen LogP contribution in [0.3, 0.4) is 0 Å². The molecule has 1 aromatic rings. The fourth-order valence-corrected chi connectivity index (χ4v) is 2.00. The Kier molecular flexibility index (Phi) is 4.52. The van der Waals surface area contributed by atoms with Crippen molar-refractivity contribution >= 4 is 23.2 Å². The lowest BCUT2D eigenvalue weighted by Crippen LogP contribution is -2.34. The van der Waals surface area contributed by atoms with Crippen molar-refractivity contribution in [2.45, 2.75) is 6.92 Å².